The highest BCUT2D eigenvalue weighted by molar-refractivity contribution is 14.1. The molecule has 0 unspecified atom stereocenters. The summed E-state index contributed by atoms with van der Waals surface area (Å²) in [5, 5.41) is 0. The van der Waals surface area contributed by atoms with Gasteiger partial charge in [0.15, 0.2) is 5.82 Å². The summed E-state index contributed by atoms with van der Waals surface area (Å²) in [6, 6.07) is 7.99. The van der Waals surface area contributed by atoms with Crippen molar-refractivity contribution in [1.82, 2.24) is 9.97 Å². The second-order valence-electron chi connectivity index (χ2n) is 3.01. The fraction of sp³-hybridized carbons (Fsp3) is 0.0909. The van der Waals surface area contributed by atoms with Gasteiger partial charge in [0, 0.05) is 21.5 Å². The number of rotatable bonds is 1. The lowest BCUT2D eigenvalue weighted by Crippen LogP contribution is -1.91. The van der Waals surface area contributed by atoms with Crippen LogP contribution in [-0.2, 0) is 0 Å². The Bertz CT molecular complexity index is 440. The molecule has 3 heteroatoms. The molecule has 0 amide bonds. The van der Waals surface area contributed by atoms with Gasteiger partial charge >= 0.3 is 0 Å². The molecule has 1 aromatic heterocycles. The standard InChI is InChI=1S/C11H9IN2/c1-8-4-2-5-9(10(8)12)11-13-6-3-7-14-11/h2-7H,1H3. The van der Waals surface area contributed by atoms with Gasteiger partial charge < -0.3 is 0 Å². The van der Waals surface area contributed by atoms with Gasteiger partial charge in [0.2, 0.25) is 0 Å². The van der Waals surface area contributed by atoms with E-state index < -0.39 is 0 Å². The van der Waals surface area contributed by atoms with E-state index >= 15 is 0 Å². The molecule has 0 spiro atoms. The van der Waals surface area contributed by atoms with E-state index in [1.54, 1.807) is 12.4 Å². The van der Waals surface area contributed by atoms with Crippen LogP contribution in [0.25, 0.3) is 11.4 Å². The van der Waals surface area contributed by atoms with Crippen molar-refractivity contribution in [2.24, 2.45) is 0 Å². The maximum absolute atomic E-state index is 4.24. The van der Waals surface area contributed by atoms with Crippen LogP contribution in [0.15, 0.2) is 36.7 Å². The Morgan fingerprint density at radius 1 is 1.07 bits per heavy atom. The van der Waals surface area contributed by atoms with Crippen LogP contribution in [-0.4, -0.2) is 9.97 Å². The molecule has 2 nitrogen and oxygen atoms in total. The zero-order chi connectivity index (χ0) is 9.97. The molecule has 0 saturated heterocycles. The number of benzene rings is 1. The molecule has 1 aromatic carbocycles. The van der Waals surface area contributed by atoms with E-state index in [1.807, 2.05) is 18.2 Å². The average molecular weight is 296 g/mol. The summed E-state index contributed by atoms with van der Waals surface area (Å²) in [7, 11) is 0. The fourth-order valence-electron chi connectivity index (χ4n) is 1.26. The molecule has 0 bridgehead atoms. The molecule has 0 radical (unpaired) electrons. The van der Waals surface area contributed by atoms with E-state index in [0.29, 0.717) is 0 Å². The van der Waals surface area contributed by atoms with Crippen LogP contribution in [0.4, 0.5) is 0 Å². The third kappa shape index (κ3) is 1.77. The van der Waals surface area contributed by atoms with Crippen molar-refractivity contribution in [3.63, 3.8) is 0 Å². The maximum Gasteiger partial charge on any atom is 0.160 e. The van der Waals surface area contributed by atoms with Crippen molar-refractivity contribution in [2.45, 2.75) is 6.92 Å². The van der Waals surface area contributed by atoms with Crippen molar-refractivity contribution >= 4 is 22.6 Å². The Balaban J connectivity index is 2.58. The molecule has 0 saturated carbocycles. The third-order valence-electron chi connectivity index (χ3n) is 2.00. The van der Waals surface area contributed by atoms with Crippen LogP contribution in [0.3, 0.4) is 0 Å². The monoisotopic (exact) mass is 296 g/mol. The van der Waals surface area contributed by atoms with Crippen LogP contribution in [0.5, 0.6) is 0 Å². The van der Waals surface area contributed by atoms with Gasteiger partial charge in [0.1, 0.15) is 0 Å². The summed E-state index contributed by atoms with van der Waals surface area (Å²) >= 11 is 2.33. The first-order chi connectivity index (χ1) is 6.79. The van der Waals surface area contributed by atoms with Crippen molar-refractivity contribution < 1.29 is 0 Å². The number of hydrogen-bond acceptors (Lipinski definition) is 2. The Hall–Kier alpha value is -0.970. The lowest BCUT2D eigenvalue weighted by atomic mass is 10.1. The van der Waals surface area contributed by atoms with Gasteiger partial charge in [-0.3, -0.25) is 0 Å². The summed E-state index contributed by atoms with van der Waals surface area (Å²) in [4.78, 5) is 8.47. The average Bonchev–Trinajstić information content (AvgIpc) is 2.23. The summed E-state index contributed by atoms with van der Waals surface area (Å²) in [6.07, 6.45) is 3.53. The molecule has 0 aliphatic rings. The van der Waals surface area contributed by atoms with Crippen LogP contribution >= 0.6 is 22.6 Å². The zero-order valence-corrected chi connectivity index (χ0v) is 9.89. The summed E-state index contributed by atoms with van der Waals surface area (Å²) in [5.41, 5.74) is 2.36. The minimum atomic E-state index is 0.792. The first-order valence-corrected chi connectivity index (χ1v) is 5.39. The normalized spacial score (nSPS) is 10.1. The minimum Gasteiger partial charge on any atom is -0.237 e. The van der Waals surface area contributed by atoms with Gasteiger partial charge in [-0.25, -0.2) is 9.97 Å². The molecule has 2 aromatic rings. The fourth-order valence-corrected chi connectivity index (χ4v) is 1.86. The largest absolute Gasteiger partial charge is 0.237 e. The molecule has 0 N–H and O–H groups in total. The molecule has 0 fully saturated rings. The smallest absolute Gasteiger partial charge is 0.160 e. The van der Waals surface area contributed by atoms with E-state index in [-0.39, 0.29) is 0 Å². The molecule has 0 aliphatic heterocycles. The van der Waals surface area contributed by atoms with Crippen molar-refractivity contribution in [1.29, 1.82) is 0 Å². The van der Waals surface area contributed by atoms with Crippen molar-refractivity contribution in [3.8, 4) is 11.4 Å². The SMILES string of the molecule is Cc1cccc(-c2ncccn2)c1I. The summed E-state index contributed by atoms with van der Waals surface area (Å²) in [6.45, 7) is 2.09. The number of aryl methyl sites for hydroxylation is 1. The molecular formula is C11H9IN2. The van der Waals surface area contributed by atoms with E-state index in [4.69, 9.17) is 0 Å². The Morgan fingerprint density at radius 2 is 1.79 bits per heavy atom. The molecule has 0 aliphatic carbocycles. The number of hydrogen-bond donors (Lipinski definition) is 0. The highest BCUT2D eigenvalue weighted by Crippen LogP contribution is 2.23. The minimum absolute atomic E-state index is 0.792. The first-order valence-electron chi connectivity index (χ1n) is 4.31. The molecule has 70 valence electrons. The van der Waals surface area contributed by atoms with Crippen LogP contribution in [0, 0.1) is 10.5 Å². The third-order valence-corrected chi connectivity index (χ3v) is 3.43. The quantitative estimate of drug-likeness (QED) is 0.756. The van der Waals surface area contributed by atoms with Gasteiger partial charge in [0.25, 0.3) is 0 Å². The van der Waals surface area contributed by atoms with E-state index in [2.05, 4.69) is 45.5 Å². The highest BCUT2D eigenvalue weighted by Gasteiger charge is 2.05. The number of nitrogens with zero attached hydrogens (tertiary/aromatic N) is 2. The Kier molecular flexibility index (Phi) is 2.77. The molecule has 14 heavy (non-hydrogen) atoms. The predicted octanol–water partition coefficient (Wildman–Crippen LogP) is 3.06. The van der Waals surface area contributed by atoms with Gasteiger partial charge in [-0.2, -0.15) is 0 Å². The summed E-state index contributed by atoms with van der Waals surface area (Å²) < 4.78 is 1.22. The molecule has 2 rings (SSSR count). The number of halogens is 1. The second-order valence-corrected chi connectivity index (χ2v) is 4.09. The van der Waals surface area contributed by atoms with E-state index in [9.17, 15) is 0 Å². The first kappa shape index (κ1) is 9.58. The van der Waals surface area contributed by atoms with Gasteiger partial charge in [-0.05, 0) is 41.1 Å². The Labute approximate surface area is 96.6 Å². The van der Waals surface area contributed by atoms with Gasteiger partial charge in [-0.15, -0.1) is 0 Å². The molecular weight excluding hydrogens is 287 g/mol. The lowest BCUT2D eigenvalue weighted by molar-refractivity contribution is 1.17. The second kappa shape index (κ2) is 4.04. The van der Waals surface area contributed by atoms with Crippen molar-refractivity contribution in [2.75, 3.05) is 0 Å². The maximum atomic E-state index is 4.24. The van der Waals surface area contributed by atoms with E-state index in [0.717, 1.165) is 11.4 Å². The topological polar surface area (TPSA) is 25.8 Å². The molecule has 0 atom stereocenters. The van der Waals surface area contributed by atoms with Crippen LogP contribution in [0.1, 0.15) is 5.56 Å². The van der Waals surface area contributed by atoms with Gasteiger partial charge in [0.05, 0.1) is 0 Å². The van der Waals surface area contributed by atoms with Crippen molar-refractivity contribution in [3.05, 3.63) is 45.8 Å². The van der Waals surface area contributed by atoms with Crippen LogP contribution < -0.4 is 0 Å². The van der Waals surface area contributed by atoms with E-state index in [1.165, 1.54) is 9.13 Å². The lowest BCUT2D eigenvalue weighted by Gasteiger charge is -2.04. The zero-order valence-electron chi connectivity index (χ0n) is 7.74. The van der Waals surface area contributed by atoms with Gasteiger partial charge in [-0.1, -0.05) is 18.2 Å². The summed E-state index contributed by atoms with van der Waals surface area (Å²) in [5.74, 6) is 0.792. The van der Waals surface area contributed by atoms with Crippen LogP contribution in [0.2, 0.25) is 0 Å². The Morgan fingerprint density at radius 3 is 2.50 bits per heavy atom. The number of aromatic nitrogens is 2. The highest BCUT2D eigenvalue weighted by atomic mass is 127. The predicted molar refractivity (Wildman–Crippen MR) is 64.9 cm³/mol. The molecule has 1 heterocycles.